The van der Waals surface area contributed by atoms with Gasteiger partial charge < -0.3 is 15.0 Å². The molecule has 0 aromatic carbocycles. The second-order valence-corrected chi connectivity index (χ2v) is 5.02. The highest BCUT2D eigenvalue weighted by Gasteiger charge is 2.26. The quantitative estimate of drug-likeness (QED) is 0.835. The lowest BCUT2D eigenvalue weighted by atomic mass is 9.97. The number of hydrogen-bond acceptors (Lipinski definition) is 2. The molecule has 0 aliphatic heterocycles. The van der Waals surface area contributed by atoms with Crippen LogP contribution in [-0.2, 0) is 6.54 Å². The molecule has 1 aromatic heterocycles. The summed E-state index contributed by atoms with van der Waals surface area (Å²) in [7, 11) is 0. The molecule has 4 nitrogen and oxygen atoms in total. The third kappa shape index (κ3) is 2.75. The van der Waals surface area contributed by atoms with E-state index in [-0.39, 0.29) is 12.5 Å². The van der Waals surface area contributed by atoms with Crippen molar-refractivity contribution in [3.8, 4) is 0 Å². The molecular formula is C14H22N2O2. The van der Waals surface area contributed by atoms with Crippen molar-refractivity contribution in [2.45, 2.75) is 32.7 Å². The van der Waals surface area contributed by atoms with Crippen LogP contribution in [0, 0.1) is 11.8 Å². The molecular weight excluding hydrogens is 228 g/mol. The summed E-state index contributed by atoms with van der Waals surface area (Å²) in [6, 6.07) is 3.74. The van der Waals surface area contributed by atoms with Crippen LogP contribution in [0.3, 0.4) is 0 Å². The monoisotopic (exact) mass is 250 g/mol. The number of amides is 1. The van der Waals surface area contributed by atoms with Gasteiger partial charge in [-0.3, -0.25) is 4.79 Å². The summed E-state index contributed by atoms with van der Waals surface area (Å²) in [6.45, 7) is 3.75. The van der Waals surface area contributed by atoms with E-state index in [1.54, 1.807) is 0 Å². The minimum absolute atomic E-state index is 0.00885. The van der Waals surface area contributed by atoms with E-state index in [2.05, 4.69) is 5.32 Å². The van der Waals surface area contributed by atoms with Crippen molar-refractivity contribution < 1.29 is 9.90 Å². The number of aliphatic hydroxyl groups is 1. The number of carbonyl (C=O) groups is 1. The standard InChI is InChI=1S/C14H22N2O2/c1-2-16-8-4-7-13(16)14(18)15-9-11-5-3-6-12(11)10-17/h4,7-8,11-12,17H,2-3,5-6,9-10H2,1H3,(H,15,18). The normalized spacial score (nSPS) is 23.2. The van der Waals surface area contributed by atoms with Crippen LogP contribution in [0.25, 0.3) is 0 Å². The average molecular weight is 250 g/mol. The fourth-order valence-corrected chi connectivity index (χ4v) is 2.83. The summed E-state index contributed by atoms with van der Waals surface area (Å²) in [6.07, 6.45) is 5.28. The first-order chi connectivity index (χ1) is 8.76. The van der Waals surface area contributed by atoms with Crippen LogP contribution in [-0.4, -0.2) is 28.7 Å². The first kappa shape index (κ1) is 13.1. The third-order valence-electron chi connectivity index (χ3n) is 3.98. The molecule has 1 aliphatic carbocycles. The molecule has 0 spiro atoms. The van der Waals surface area contributed by atoms with Gasteiger partial charge in [0.05, 0.1) is 0 Å². The Bertz CT molecular complexity index is 400. The van der Waals surface area contributed by atoms with Crippen LogP contribution in [0.5, 0.6) is 0 Å². The van der Waals surface area contributed by atoms with Crippen LogP contribution in [0.1, 0.15) is 36.7 Å². The highest BCUT2D eigenvalue weighted by Crippen LogP contribution is 2.30. The topological polar surface area (TPSA) is 54.3 Å². The van der Waals surface area contributed by atoms with Gasteiger partial charge in [-0.1, -0.05) is 6.42 Å². The fraction of sp³-hybridized carbons (Fsp3) is 0.643. The van der Waals surface area contributed by atoms with Gasteiger partial charge in [-0.2, -0.15) is 0 Å². The molecule has 100 valence electrons. The highest BCUT2D eigenvalue weighted by molar-refractivity contribution is 5.92. The number of carbonyl (C=O) groups excluding carboxylic acids is 1. The average Bonchev–Trinajstić information content (AvgIpc) is 3.03. The molecule has 1 heterocycles. The molecule has 18 heavy (non-hydrogen) atoms. The van der Waals surface area contributed by atoms with Gasteiger partial charge in [0.2, 0.25) is 0 Å². The van der Waals surface area contributed by atoms with Gasteiger partial charge in [0.15, 0.2) is 0 Å². The lowest BCUT2D eigenvalue weighted by Gasteiger charge is -2.18. The number of aliphatic hydroxyl groups excluding tert-OH is 1. The summed E-state index contributed by atoms with van der Waals surface area (Å²) in [5.41, 5.74) is 0.719. The predicted octanol–water partition coefficient (Wildman–Crippen LogP) is 1.65. The minimum Gasteiger partial charge on any atom is -0.396 e. The molecule has 1 aromatic rings. The maximum Gasteiger partial charge on any atom is 0.267 e. The predicted molar refractivity (Wildman–Crippen MR) is 70.4 cm³/mol. The van der Waals surface area contributed by atoms with Crippen LogP contribution in [0.2, 0.25) is 0 Å². The van der Waals surface area contributed by atoms with E-state index in [4.69, 9.17) is 0 Å². The SMILES string of the molecule is CCn1cccc1C(=O)NCC1CCCC1CO. The number of aryl methyl sites for hydroxylation is 1. The van der Waals surface area contributed by atoms with Crippen molar-refractivity contribution in [2.75, 3.05) is 13.2 Å². The van der Waals surface area contributed by atoms with E-state index < -0.39 is 0 Å². The van der Waals surface area contributed by atoms with Crippen molar-refractivity contribution in [3.05, 3.63) is 24.0 Å². The molecule has 2 atom stereocenters. The smallest absolute Gasteiger partial charge is 0.267 e. The first-order valence-electron chi connectivity index (χ1n) is 6.80. The van der Waals surface area contributed by atoms with Gasteiger partial charge in [-0.15, -0.1) is 0 Å². The number of hydrogen-bond donors (Lipinski definition) is 2. The molecule has 0 radical (unpaired) electrons. The van der Waals surface area contributed by atoms with Gasteiger partial charge in [0.1, 0.15) is 5.69 Å². The fourth-order valence-electron chi connectivity index (χ4n) is 2.83. The van der Waals surface area contributed by atoms with Crippen LogP contribution in [0.15, 0.2) is 18.3 Å². The number of nitrogens with zero attached hydrogens (tertiary/aromatic N) is 1. The Morgan fingerprint density at radius 3 is 3.00 bits per heavy atom. The summed E-state index contributed by atoms with van der Waals surface area (Å²) in [5.74, 6) is 0.790. The Balaban J connectivity index is 1.88. The van der Waals surface area contributed by atoms with Crippen LogP contribution < -0.4 is 5.32 Å². The molecule has 2 N–H and O–H groups in total. The van der Waals surface area contributed by atoms with E-state index in [1.165, 1.54) is 0 Å². The maximum atomic E-state index is 12.0. The van der Waals surface area contributed by atoms with E-state index >= 15 is 0 Å². The molecule has 1 amide bonds. The summed E-state index contributed by atoms with van der Waals surface area (Å²) >= 11 is 0. The maximum absolute atomic E-state index is 12.0. The minimum atomic E-state index is -0.00885. The molecule has 1 fully saturated rings. The van der Waals surface area contributed by atoms with Gasteiger partial charge >= 0.3 is 0 Å². The van der Waals surface area contributed by atoms with Gasteiger partial charge in [0, 0.05) is 25.9 Å². The van der Waals surface area contributed by atoms with Gasteiger partial charge in [-0.05, 0) is 43.7 Å². The zero-order valence-electron chi connectivity index (χ0n) is 10.9. The molecule has 4 heteroatoms. The lowest BCUT2D eigenvalue weighted by molar-refractivity contribution is 0.0928. The molecule has 0 saturated heterocycles. The highest BCUT2D eigenvalue weighted by atomic mass is 16.3. The van der Waals surface area contributed by atoms with Crippen molar-refractivity contribution >= 4 is 5.91 Å². The van der Waals surface area contributed by atoms with Crippen molar-refractivity contribution in [1.29, 1.82) is 0 Å². The molecule has 1 saturated carbocycles. The Kier molecular flexibility index (Phi) is 4.42. The van der Waals surface area contributed by atoms with Crippen molar-refractivity contribution in [2.24, 2.45) is 11.8 Å². The first-order valence-corrected chi connectivity index (χ1v) is 6.80. The van der Waals surface area contributed by atoms with E-state index in [0.29, 0.717) is 18.4 Å². The number of rotatable bonds is 5. The molecule has 2 rings (SSSR count). The number of aromatic nitrogens is 1. The zero-order chi connectivity index (χ0) is 13.0. The number of nitrogens with one attached hydrogen (secondary N) is 1. The summed E-state index contributed by atoms with van der Waals surface area (Å²) in [4.78, 5) is 12.0. The van der Waals surface area contributed by atoms with E-state index in [9.17, 15) is 9.90 Å². The Labute approximate surface area is 108 Å². The lowest BCUT2D eigenvalue weighted by Crippen LogP contribution is -2.32. The van der Waals surface area contributed by atoms with E-state index in [1.807, 2.05) is 29.8 Å². The third-order valence-corrected chi connectivity index (χ3v) is 3.98. The summed E-state index contributed by atoms with van der Waals surface area (Å²) < 4.78 is 1.94. The van der Waals surface area contributed by atoms with Crippen LogP contribution >= 0.6 is 0 Å². The van der Waals surface area contributed by atoms with Crippen molar-refractivity contribution in [1.82, 2.24) is 9.88 Å². The van der Waals surface area contributed by atoms with Gasteiger partial charge in [-0.25, -0.2) is 0 Å². The Hall–Kier alpha value is -1.29. The summed E-state index contributed by atoms with van der Waals surface area (Å²) in [5, 5.41) is 12.2. The second-order valence-electron chi connectivity index (χ2n) is 5.02. The molecule has 0 bridgehead atoms. The Morgan fingerprint density at radius 2 is 2.28 bits per heavy atom. The Morgan fingerprint density at radius 1 is 1.50 bits per heavy atom. The molecule has 2 unspecified atom stereocenters. The molecule has 1 aliphatic rings. The second kappa shape index (κ2) is 6.05. The van der Waals surface area contributed by atoms with E-state index in [0.717, 1.165) is 31.5 Å². The largest absolute Gasteiger partial charge is 0.396 e. The zero-order valence-corrected chi connectivity index (χ0v) is 10.9. The van der Waals surface area contributed by atoms with Gasteiger partial charge in [0.25, 0.3) is 5.91 Å². The van der Waals surface area contributed by atoms with Crippen molar-refractivity contribution in [3.63, 3.8) is 0 Å². The van der Waals surface area contributed by atoms with Crippen LogP contribution in [0.4, 0.5) is 0 Å².